The largest absolute Gasteiger partial charge is 0.471 e. The molecule has 5 heteroatoms. The first kappa shape index (κ1) is 13.6. The van der Waals surface area contributed by atoms with Crippen LogP contribution in [-0.2, 0) is 11.3 Å². The van der Waals surface area contributed by atoms with Gasteiger partial charge in [0.25, 0.3) is 0 Å². The second-order valence-corrected chi connectivity index (χ2v) is 4.82. The maximum absolute atomic E-state index is 6.16. The van der Waals surface area contributed by atoms with Crippen molar-refractivity contribution in [1.82, 2.24) is 10.3 Å². The second-order valence-electron chi connectivity index (χ2n) is 4.41. The number of nitrogens with zero attached hydrogens (tertiary/aromatic N) is 1. The molecule has 4 nitrogen and oxygen atoms in total. The van der Waals surface area contributed by atoms with Crippen LogP contribution >= 0.6 is 11.6 Å². The van der Waals surface area contributed by atoms with Gasteiger partial charge in [-0.25, -0.2) is 4.98 Å². The molecule has 1 unspecified atom stereocenters. The van der Waals surface area contributed by atoms with Gasteiger partial charge in [-0.05, 0) is 24.6 Å². The lowest BCUT2D eigenvalue weighted by Gasteiger charge is -2.12. The van der Waals surface area contributed by atoms with Crippen LogP contribution in [0.4, 0.5) is 0 Å². The van der Waals surface area contributed by atoms with Crippen molar-refractivity contribution in [3.63, 3.8) is 0 Å². The Labute approximate surface area is 113 Å². The fraction of sp³-hybridized carbons (Fsp3) is 0.615. The van der Waals surface area contributed by atoms with Crippen molar-refractivity contribution in [2.75, 3.05) is 19.8 Å². The first-order chi connectivity index (χ1) is 8.79. The van der Waals surface area contributed by atoms with Gasteiger partial charge in [-0.2, -0.15) is 0 Å². The molecule has 1 N–H and O–H groups in total. The van der Waals surface area contributed by atoms with Crippen molar-refractivity contribution in [3.05, 3.63) is 22.8 Å². The highest BCUT2D eigenvalue weighted by atomic mass is 35.5. The zero-order chi connectivity index (χ0) is 12.8. The predicted octanol–water partition coefficient (Wildman–Crippen LogP) is 2.40. The molecule has 0 amide bonds. The third-order valence-electron chi connectivity index (χ3n) is 2.79. The lowest BCUT2D eigenvalue weighted by atomic mass is 10.2. The van der Waals surface area contributed by atoms with Crippen LogP contribution in [0, 0.1) is 0 Å². The van der Waals surface area contributed by atoms with Gasteiger partial charge in [-0.3, -0.25) is 0 Å². The average Bonchev–Trinajstić information content (AvgIpc) is 2.86. The highest BCUT2D eigenvalue weighted by molar-refractivity contribution is 6.31. The standard InChI is InChI=1S/C13H19ClN2O2/c1-2-4-15-7-10-6-12(14)13(16-8-10)18-11-3-5-17-9-11/h6,8,11,15H,2-5,7,9H2,1H3. The van der Waals surface area contributed by atoms with Crippen molar-refractivity contribution >= 4 is 11.6 Å². The van der Waals surface area contributed by atoms with Crippen LogP contribution in [0.15, 0.2) is 12.3 Å². The van der Waals surface area contributed by atoms with E-state index in [1.165, 1.54) is 0 Å². The van der Waals surface area contributed by atoms with Crippen LogP contribution in [-0.4, -0.2) is 30.8 Å². The van der Waals surface area contributed by atoms with Gasteiger partial charge in [0.1, 0.15) is 11.1 Å². The van der Waals surface area contributed by atoms with Gasteiger partial charge in [-0.1, -0.05) is 18.5 Å². The van der Waals surface area contributed by atoms with E-state index in [1.807, 2.05) is 6.07 Å². The Hall–Kier alpha value is -0.840. The number of rotatable bonds is 6. The topological polar surface area (TPSA) is 43.4 Å². The first-order valence-electron chi connectivity index (χ1n) is 6.39. The van der Waals surface area contributed by atoms with E-state index in [0.29, 0.717) is 17.5 Å². The first-order valence-corrected chi connectivity index (χ1v) is 6.77. The fourth-order valence-electron chi connectivity index (χ4n) is 1.82. The molecule has 1 aliphatic rings. The summed E-state index contributed by atoms with van der Waals surface area (Å²) >= 11 is 6.16. The van der Waals surface area contributed by atoms with Gasteiger partial charge in [0, 0.05) is 19.2 Å². The Balaban J connectivity index is 1.91. The van der Waals surface area contributed by atoms with Crippen molar-refractivity contribution in [1.29, 1.82) is 0 Å². The summed E-state index contributed by atoms with van der Waals surface area (Å²) < 4.78 is 11.0. The Morgan fingerprint density at radius 2 is 2.50 bits per heavy atom. The Bertz CT molecular complexity index is 381. The molecule has 1 fully saturated rings. The minimum atomic E-state index is 0.0825. The molecule has 1 aromatic rings. The Morgan fingerprint density at radius 1 is 1.61 bits per heavy atom. The summed E-state index contributed by atoms with van der Waals surface area (Å²) in [5, 5.41) is 3.88. The van der Waals surface area contributed by atoms with Crippen molar-refractivity contribution < 1.29 is 9.47 Å². The lowest BCUT2D eigenvalue weighted by Crippen LogP contribution is -2.17. The summed E-state index contributed by atoms with van der Waals surface area (Å²) in [6.07, 6.45) is 3.90. The van der Waals surface area contributed by atoms with E-state index < -0.39 is 0 Å². The van der Waals surface area contributed by atoms with Gasteiger partial charge < -0.3 is 14.8 Å². The molecule has 1 atom stereocenters. The molecule has 0 spiro atoms. The molecule has 0 bridgehead atoms. The summed E-state index contributed by atoms with van der Waals surface area (Å²) in [6.45, 7) is 5.29. The van der Waals surface area contributed by atoms with Crippen LogP contribution in [0.25, 0.3) is 0 Å². The van der Waals surface area contributed by atoms with Crippen molar-refractivity contribution in [2.24, 2.45) is 0 Å². The zero-order valence-electron chi connectivity index (χ0n) is 10.6. The summed E-state index contributed by atoms with van der Waals surface area (Å²) in [5.74, 6) is 0.506. The van der Waals surface area contributed by atoms with E-state index >= 15 is 0 Å². The van der Waals surface area contributed by atoms with Crippen LogP contribution in [0.2, 0.25) is 5.02 Å². The average molecular weight is 271 g/mol. The quantitative estimate of drug-likeness (QED) is 0.806. The SMILES string of the molecule is CCCNCc1cnc(OC2CCOC2)c(Cl)c1. The van der Waals surface area contributed by atoms with Crippen molar-refractivity contribution in [2.45, 2.75) is 32.4 Å². The van der Waals surface area contributed by atoms with E-state index in [-0.39, 0.29) is 6.10 Å². The van der Waals surface area contributed by atoms with Gasteiger partial charge >= 0.3 is 0 Å². The highest BCUT2D eigenvalue weighted by Gasteiger charge is 2.19. The molecule has 2 heterocycles. The van der Waals surface area contributed by atoms with Crippen LogP contribution in [0.3, 0.4) is 0 Å². The van der Waals surface area contributed by atoms with Crippen LogP contribution in [0.5, 0.6) is 5.88 Å². The van der Waals surface area contributed by atoms with Crippen LogP contribution in [0.1, 0.15) is 25.3 Å². The van der Waals surface area contributed by atoms with Crippen LogP contribution < -0.4 is 10.1 Å². The fourth-order valence-corrected chi connectivity index (χ4v) is 2.06. The monoisotopic (exact) mass is 270 g/mol. The molecule has 18 heavy (non-hydrogen) atoms. The maximum atomic E-state index is 6.16. The number of hydrogen-bond acceptors (Lipinski definition) is 4. The molecule has 1 saturated heterocycles. The second kappa shape index (κ2) is 6.92. The third-order valence-corrected chi connectivity index (χ3v) is 3.06. The van der Waals surface area contributed by atoms with Gasteiger partial charge in [0.2, 0.25) is 5.88 Å². The molecule has 0 aliphatic carbocycles. The molecular weight excluding hydrogens is 252 g/mol. The summed E-state index contributed by atoms with van der Waals surface area (Å²) in [6, 6.07) is 1.91. The number of aromatic nitrogens is 1. The molecular formula is C13H19ClN2O2. The highest BCUT2D eigenvalue weighted by Crippen LogP contribution is 2.25. The molecule has 0 radical (unpaired) electrons. The molecule has 0 saturated carbocycles. The number of ether oxygens (including phenoxy) is 2. The van der Waals surface area contributed by atoms with E-state index in [2.05, 4.69) is 17.2 Å². The minimum Gasteiger partial charge on any atom is -0.471 e. The summed E-state index contributed by atoms with van der Waals surface area (Å²) in [4.78, 5) is 4.27. The number of halogens is 1. The van der Waals surface area contributed by atoms with Gasteiger partial charge in [-0.15, -0.1) is 0 Å². The number of hydrogen-bond donors (Lipinski definition) is 1. The number of pyridine rings is 1. The maximum Gasteiger partial charge on any atom is 0.232 e. The molecule has 100 valence electrons. The van der Waals surface area contributed by atoms with E-state index in [4.69, 9.17) is 21.1 Å². The smallest absolute Gasteiger partial charge is 0.232 e. The van der Waals surface area contributed by atoms with E-state index in [0.717, 1.165) is 38.1 Å². The molecule has 1 aliphatic heterocycles. The third kappa shape index (κ3) is 3.83. The van der Waals surface area contributed by atoms with E-state index in [1.54, 1.807) is 6.20 Å². The normalized spacial score (nSPS) is 19.1. The van der Waals surface area contributed by atoms with E-state index in [9.17, 15) is 0 Å². The molecule has 1 aromatic heterocycles. The zero-order valence-corrected chi connectivity index (χ0v) is 11.4. The molecule has 0 aromatic carbocycles. The summed E-state index contributed by atoms with van der Waals surface area (Å²) in [5.41, 5.74) is 1.07. The van der Waals surface area contributed by atoms with Gasteiger partial charge in [0.15, 0.2) is 0 Å². The van der Waals surface area contributed by atoms with Crippen molar-refractivity contribution in [3.8, 4) is 5.88 Å². The predicted molar refractivity (Wildman–Crippen MR) is 71.1 cm³/mol. The Morgan fingerprint density at radius 3 is 3.17 bits per heavy atom. The summed E-state index contributed by atoms with van der Waals surface area (Å²) in [7, 11) is 0. The number of nitrogens with one attached hydrogen (secondary N) is 1. The minimum absolute atomic E-state index is 0.0825. The Kier molecular flexibility index (Phi) is 5.23. The lowest BCUT2D eigenvalue weighted by molar-refractivity contribution is 0.138. The van der Waals surface area contributed by atoms with Gasteiger partial charge in [0.05, 0.1) is 13.2 Å². The molecule has 2 rings (SSSR count).